The second kappa shape index (κ2) is 9.00. The van der Waals surface area contributed by atoms with Crippen molar-refractivity contribution in [1.82, 2.24) is 5.32 Å². The first-order chi connectivity index (χ1) is 10.0. The third kappa shape index (κ3) is 6.79. The van der Waals surface area contributed by atoms with E-state index in [0.29, 0.717) is 13.1 Å². The highest BCUT2D eigenvalue weighted by atomic mass is 16.4. The predicted octanol–water partition coefficient (Wildman–Crippen LogP) is 2.19. The lowest BCUT2D eigenvalue weighted by Gasteiger charge is -2.23. The standard InChI is InChI=1S/C16H24N2O3/c1-3-4-10-17-15(19)12-18(11-9-16(20)21)14-7-5-13(2)6-8-14/h5-8H,3-4,9-12H2,1-2H3,(H,17,19)(H,20,21). The molecule has 0 aliphatic rings. The normalized spacial score (nSPS) is 10.2. The molecule has 0 heterocycles. The number of carbonyl (C=O) groups is 2. The van der Waals surface area contributed by atoms with Crippen LogP contribution in [0.4, 0.5) is 5.69 Å². The van der Waals surface area contributed by atoms with Gasteiger partial charge in [-0.2, -0.15) is 0 Å². The second-order valence-corrected chi connectivity index (χ2v) is 5.10. The van der Waals surface area contributed by atoms with Crippen LogP contribution in [0.15, 0.2) is 24.3 Å². The molecule has 1 rings (SSSR count). The Morgan fingerprint density at radius 3 is 2.48 bits per heavy atom. The van der Waals surface area contributed by atoms with Gasteiger partial charge in [-0.3, -0.25) is 9.59 Å². The number of carboxylic acid groups (broad SMARTS) is 1. The van der Waals surface area contributed by atoms with Gasteiger partial charge in [-0.25, -0.2) is 0 Å². The molecule has 0 bridgehead atoms. The largest absolute Gasteiger partial charge is 0.481 e. The summed E-state index contributed by atoms with van der Waals surface area (Å²) in [4.78, 5) is 24.5. The van der Waals surface area contributed by atoms with E-state index < -0.39 is 5.97 Å². The maximum Gasteiger partial charge on any atom is 0.305 e. The molecule has 0 atom stereocenters. The van der Waals surface area contributed by atoms with Crippen LogP contribution in [-0.2, 0) is 9.59 Å². The molecule has 0 saturated carbocycles. The molecule has 5 nitrogen and oxygen atoms in total. The predicted molar refractivity (Wildman–Crippen MR) is 83.6 cm³/mol. The minimum Gasteiger partial charge on any atom is -0.481 e. The molecule has 0 fully saturated rings. The number of aryl methyl sites for hydroxylation is 1. The Morgan fingerprint density at radius 2 is 1.90 bits per heavy atom. The van der Waals surface area contributed by atoms with Crippen LogP contribution in [0.2, 0.25) is 0 Å². The topological polar surface area (TPSA) is 69.6 Å². The molecule has 0 radical (unpaired) electrons. The summed E-state index contributed by atoms with van der Waals surface area (Å²) in [5, 5.41) is 11.7. The summed E-state index contributed by atoms with van der Waals surface area (Å²) in [5.41, 5.74) is 2.00. The summed E-state index contributed by atoms with van der Waals surface area (Å²) in [7, 11) is 0. The lowest BCUT2D eigenvalue weighted by atomic mass is 10.2. The maximum atomic E-state index is 11.9. The fourth-order valence-corrected chi connectivity index (χ4v) is 1.92. The van der Waals surface area contributed by atoms with Crippen molar-refractivity contribution in [3.63, 3.8) is 0 Å². The van der Waals surface area contributed by atoms with E-state index in [1.807, 2.05) is 31.2 Å². The zero-order chi connectivity index (χ0) is 15.7. The highest BCUT2D eigenvalue weighted by Gasteiger charge is 2.12. The molecule has 0 saturated heterocycles. The number of hydrogen-bond acceptors (Lipinski definition) is 3. The van der Waals surface area contributed by atoms with Gasteiger partial charge in [-0.15, -0.1) is 0 Å². The van der Waals surface area contributed by atoms with Gasteiger partial charge >= 0.3 is 5.97 Å². The first kappa shape index (κ1) is 17.0. The van der Waals surface area contributed by atoms with Gasteiger partial charge in [0.05, 0.1) is 13.0 Å². The summed E-state index contributed by atoms with van der Waals surface area (Å²) < 4.78 is 0. The van der Waals surface area contributed by atoms with Gasteiger partial charge in [-0.1, -0.05) is 31.0 Å². The average molecular weight is 292 g/mol. The molecule has 0 aliphatic carbocycles. The minimum atomic E-state index is -0.862. The van der Waals surface area contributed by atoms with Crippen LogP contribution in [-0.4, -0.2) is 36.6 Å². The molecule has 21 heavy (non-hydrogen) atoms. The summed E-state index contributed by atoms with van der Waals surface area (Å²) in [6, 6.07) is 7.74. The summed E-state index contributed by atoms with van der Waals surface area (Å²) in [5.74, 6) is -0.937. The van der Waals surface area contributed by atoms with Crippen molar-refractivity contribution < 1.29 is 14.7 Å². The Morgan fingerprint density at radius 1 is 1.24 bits per heavy atom. The summed E-state index contributed by atoms with van der Waals surface area (Å²) in [6.07, 6.45) is 1.99. The third-order valence-electron chi connectivity index (χ3n) is 3.18. The highest BCUT2D eigenvalue weighted by molar-refractivity contribution is 5.81. The van der Waals surface area contributed by atoms with Crippen molar-refractivity contribution in [1.29, 1.82) is 0 Å². The van der Waals surface area contributed by atoms with Gasteiger partial charge < -0.3 is 15.3 Å². The Bertz CT molecular complexity index is 457. The third-order valence-corrected chi connectivity index (χ3v) is 3.18. The van der Waals surface area contributed by atoms with Gasteiger partial charge in [0.25, 0.3) is 0 Å². The Kier molecular flexibility index (Phi) is 7.29. The van der Waals surface area contributed by atoms with E-state index in [9.17, 15) is 9.59 Å². The number of rotatable bonds is 9. The fourth-order valence-electron chi connectivity index (χ4n) is 1.92. The number of hydrogen-bond donors (Lipinski definition) is 2. The molecule has 5 heteroatoms. The molecule has 0 unspecified atom stereocenters. The molecule has 116 valence electrons. The maximum absolute atomic E-state index is 11.9. The zero-order valence-electron chi connectivity index (χ0n) is 12.8. The van der Waals surface area contributed by atoms with Crippen molar-refractivity contribution in [2.24, 2.45) is 0 Å². The SMILES string of the molecule is CCCCNC(=O)CN(CCC(=O)O)c1ccc(C)cc1. The monoisotopic (exact) mass is 292 g/mol. The van der Waals surface area contributed by atoms with Gasteiger partial charge in [0.1, 0.15) is 0 Å². The number of aliphatic carboxylic acids is 1. The van der Waals surface area contributed by atoms with Crippen molar-refractivity contribution in [2.75, 3.05) is 24.5 Å². The van der Waals surface area contributed by atoms with Gasteiger partial charge in [0.2, 0.25) is 5.91 Å². The van der Waals surface area contributed by atoms with Crippen LogP contribution >= 0.6 is 0 Å². The second-order valence-electron chi connectivity index (χ2n) is 5.10. The highest BCUT2D eigenvalue weighted by Crippen LogP contribution is 2.15. The molecule has 1 amide bonds. The number of unbranched alkanes of at least 4 members (excludes halogenated alkanes) is 1. The fraction of sp³-hybridized carbons (Fsp3) is 0.500. The number of nitrogens with zero attached hydrogens (tertiary/aromatic N) is 1. The van der Waals surface area contributed by atoms with Crippen LogP contribution in [0, 0.1) is 6.92 Å². The molecule has 1 aromatic carbocycles. The van der Waals surface area contributed by atoms with E-state index in [1.165, 1.54) is 0 Å². The van der Waals surface area contributed by atoms with Gasteiger partial charge in [-0.05, 0) is 25.5 Å². The van der Waals surface area contributed by atoms with E-state index in [4.69, 9.17) is 5.11 Å². The van der Waals surface area contributed by atoms with E-state index >= 15 is 0 Å². The smallest absolute Gasteiger partial charge is 0.305 e. The van der Waals surface area contributed by atoms with Crippen LogP contribution in [0.25, 0.3) is 0 Å². The van der Waals surface area contributed by atoms with Crippen molar-refractivity contribution >= 4 is 17.6 Å². The summed E-state index contributed by atoms with van der Waals surface area (Å²) >= 11 is 0. The van der Waals surface area contributed by atoms with E-state index in [2.05, 4.69) is 12.2 Å². The number of carboxylic acids is 1. The van der Waals surface area contributed by atoms with E-state index in [1.54, 1.807) is 4.90 Å². The van der Waals surface area contributed by atoms with Crippen LogP contribution in [0.1, 0.15) is 31.7 Å². The summed E-state index contributed by atoms with van der Waals surface area (Å²) in [6.45, 7) is 5.22. The lowest BCUT2D eigenvalue weighted by molar-refractivity contribution is -0.136. The van der Waals surface area contributed by atoms with Crippen molar-refractivity contribution in [3.05, 3.63) is 29.8 Å². The first-order valence-electron chi connectivity index (χ1n) is 7.33. The molecule has 0 spiro atoms. The molecular formula is C16H24N2O3. The minimum absolute atomic E-state index is 0.0100. The molecule has 0 aliphatic heterocycles. The van der Waals surface area contributed by atoms with Gasteiger partial charge in [0, 0.05) is 18.8 Å². The molecule has 2 N–H and O–H groups in total. The van der Waals surface area contributed by atoms with Crippen LogP contribution in [0.5, 0.6) is 0 Å². The number of benzene rings is 1. The van der Waals surface area contributed by atoms with E-state index in [0.717, 1.165) is 24.1 Å². The van der Waals surface area contributed by atoms with Crippen LogP contribution < -0.4 is 10.2 Å². The molecule has 0 aromatic heterocycles. The Labute approximate surface area is 126 Å². The Balaban J connectivity index is 2.65. The van der Waals surface area contributed by atoms with Crippen molar-refractivity contribution in [3.8, 4) is 0 Å². The molecule has 1 aromatic rings. The number of carbonyl (C=O) groups excluding carboxylic acids is 1. The average Bonchev–Trinajstić information content (AvgIpc) is 2.44. The van der Waals surface area contributed by atoms with Gasteiger partial charge in [0.15, 0.2) is 0 Å². The quantitative estimate of drug-likeness (QED) is 0.685. The van der Waals surface area contributed by atoms with E-state index in [-0.39, 0.29) is 18.9 Å². The number of nitrogens with one attached hydrogen (secondary N) is 1. The lowest BCUT2D eigenvalue weighted by Crippen LogP contribution is -2.38. The number of amides is 1. The van der Waals surface area contributed by atoms with Crippen LogP contribution in [0.3, 0.4) is 0 Å². The van der Waals surface area contributed by atoms with Crippen molar-refractivity contribution in [2.45, 2.75) is 33.1 Å². The molecular weight excluding hydrogens is 268 g/mol. The number of anilines is 1. The Hall–Kier alpha value is -2.04. The zero-order valence-corrected chi connectivity index (χ0v) is 12.8. The first-order valence-corrected chi connectivity index (χ1v) is 7.33.